The molecule has 4 rings (SSSR count). The van der Waals surface area contributed by atoms with Crippen molar-refractivity contribution in [3.63, 3.8) is 0 Å². The molecule has 3 aromatic rings. The number of hydrogen-bond donors (Lipinski definition) is 1. The molecule has 152 valence electrons. The predicted molar refractivity (Wildman–Crippen MR) is 126 cm³/mol. The Balaban J connectivity index is 1.43. The van der Waals surface area contributed by atoms with Gasteiger partial charge in [0, 0.05) is 22.3 Å². The molecule has 1 heterocycles. The Kier molecular flexibility index (Phi) is 6.55. The largest absolute Gasteiger partial charge is 0.326 e. The molecule has 1 fully saturated rings. The summed E-state index contributed by atoms with van der Waals surface area (Å²) in [6, 6.07) is 25.2. The van der Waals surface area contributed by atoms with Crippen molar-refractivity contribution in [2.45, 2.75) is 11.8 Å². The summed E-state index contributed by atoms with van der Waals surface area (Å²) >= 11 is 5.04. The molecule has 1 N–H and O–H groups in total. The number of thioether (sulfide) groups is 1. The van der Waals surface area contributed by atoms with E-state index in [0.717, 1.165) is 22.1 Å². The summed E-state index contributed by atoms with van der Waals surface area (Å²) in [5.41, 5.74) is 3.59. The fourth-order valence-corrected chi connectivity index (χ4v) is 5.05. The fraction of sp³-hybridized carbons (Fsp3) is 0.167. The number of nitrogens with one attached hydrogen (secondary N) is 1. The lowest BCUT2D eigenvalue weighted by molar-refractivity contribution is -0.128. The SMILES string of the molecule is O=C(Nc1cccc(Br)c1)c1ccc([C@@H]2SCC(=O)N2CCc2ccccc2)cc1. The Morgan fingerprint density at radius 2 is 1.80 bits per heavy atom. The number of nitrogens with zero attached hydrogens (tertiary/aromatic N) is 1. The van der Waals surface area contributed by atoms with Crippen molar-refractivity contribution in [3.8, 4) is 0 Å². The first-order chi connectivity index (χ1) is 14.6. The van der Waals surface area contributed by atoms with E-state index >= 15 is 0 Å². The smallest absolute Gasteiger partial charge is 0.255 e. The highest BCUT2D eigenvalue weighted by Gasteiger charge is 2.32. The van der Waals surface area contributed by atoms with E-state index in [9.17, 15) is 9.59 Å². The van der Waals surface area contributed by atoms with Crippen molar-refractivity contribution >= 4 is 45.2 Å². The third-order valence-electron chi connectivity index (χ3n) is 4.99. The van der Waals surface area contributed by atoms with Crippen LogP contribution < -0.4 is 5.32 Å². The van der Waals surface area contributed by atoms with Gasteiger partial charge in [-0.25, -0.2) is 0 Å². The number of rotatable bonds is 6. The van der Waals surface area contributed by atoms with Gasteiger partial charge in [0.05, 0.1) is 5.75 Å². The molecule has 0 aromatic heterocycles. The molecule has 0 unspecified atom stereocenters. The Morgan fingerprint density at radius 3 is 2.53 bits per heavy atom. The molecular weight excluding hydrogens is 460 g/mol. The van der Waals surface area contributed by atoms with Crippen molar-refractivity contribution in [1.29, 1.82) is 0 Å². The van der Waals surface area contributed by atoms with Crippen molar-refractivity contribution in [1.82, 2.24) is 4.90 Å². The van der Waals surface area contributed by atoms with Crippen LogP contribution in [0.5, 0.6) is 0 Å². The third-order valence-corrected chi connectivity index (χ3v) is 6.74. The number of benzene rings is 3. The van der Waals surface area contributed by atoms with Gasteiger partial charge in [0.25, 0.3) is 5.91 Å². The van der Waals surface area contributed by atoms with E-state index in [0.29, 0.717) is 17.9 Å². The highest BCUT2D eigenvalue weighted by Crippen LogP contribution is 2.38. The molecule has 0 radical (unpaired) electrons. The first-order valence-corrected chi connectivity index (χ1v) is 11.6. The maximum Gasteiger partial charge on any atom is 0.255 e. The number of anilines is 1. The molecule has 6 heteroatoms. The number of hydrogen-bond acceptors (Lipinski definition) is 3. The first kappa shape index (κ1) is 20.7. The van der Waals surface area contributed by atoms with Crippen LogP contribution in [0.15, 0.2) is 83.3 Å². The average Bonchev–Trinajstić information content (AvgIpc) is 3.13. The van der Waals surface area contributed by atoms with Gasteiger partial charge in [-0.3, -0.25) is 9.59 Å². The van der Waals surface area contributed by atoms with E-state index < -0.39 is 0 Å². The summed E-state index contributed by atoms with van der Waals surface area (Å²) < 4.78 is 0.911. The Labute approximate surface area is 188 Å². The summed E-state index contributed by atoms with van der Waals surface area (Å²) in [4.78, 5) is 26.9. The molecule has 1 atom stereocenters. The molecular formula is C24H21BrN2O2S. The van der Waals surface area contributed by atoms with E-state index in [4.69, 9.17) is 0 Å². The van der Waals surface area contributed by atoms with Crippen LogP contribution in [-0.2, 0) is 11.2 Å². The van der Waals surface area contributed by atoms with E-state index in [-0.39, 0.29) is 17.2 Å². The van der Waals surface area contributed by atoms with Crippen LogP contribution in [0.4, 0.5) is 5.69 Å². The van der Waals surface area contributed by atoms with Gasteiger partial charge in [-0.15, -0.1) is 11.8 Å². The molecule has 2 amide bonds. The summed E-state index contributed by atoms with van der Waals surface area (Å²) in [6.45, 7) is 0.686. The first-order valence-electron chi connectivity index (χ1n) is 9.72. The lowest BCUT2D eigenvalue weighted by Crippen LogP contribution is -2.30. The van der Waals surface area contributed by atoms with E-state index in [1.165, 1.54) is 5.56 Å². The van der Waals surface area contributed by atoms with Crippen LogP contribution >= 0.6 is 27.7 Å². The van der Waals surface area contributed by atoms with Crippen LogP contribution in [-0.4, -0.2) is 29.0 Å². The molecule has 4 nitrogen and oxygen atoms in total. The van der Waals surface area contributed by atoms with Gasteiger partial charge in [-0.2, -0.15) is 0 Å². The lowest BCUT2D eigenvalue weighted by Gasteiger charge is -2.24. The van der Waals surface area contributed by atoms with E-state index in [1.807, 2.05) is 71.6 Å². The number of carbonyl (C=O) groups excluding carboxylic acids is 2. The van der Waals surface area contributed by atoms with Gasteiger partial charge in [-0.05, 0) is 47.9 Å². The van der Waals surface area contributed by atoms with Crippen LogP contribution in [0, 0.1) is 0 Å². The maximum atomic E-state index is 12.5. The second-order valence-electron chi connectivity index (χ2n) is 7.07. The second-order valence-corrected chi connectivity index (χ2v) is 9.06. The zero-order chi connectivity index (χ0) is 20.9. The average molecular weight is 481 g/mol. The van der Waals surface area contributed by atoms with Crippen LogP contribution in [0.2, 0.25) is 0 Å². The minimum atomic E-state index is -0.157. The third kappa shape index (κ3) is 4.94. The van der Waals surface area contributed by atoms with Crippen LogP contribution in [0.1, 0.15) is 26.9 Å². The Bertz CT molecular complexity index is 1040. The van der Waals surface area contributed by atoms with Gasteiger partial charge in [-0.1, -0.05) is 64.5 Å². The molecule has 30 heavy (non-hydrogen) atoms. The molecule has 3 aromatic carbocycles. The molecule has 1 saturated heterocycles. The highest BCUT2D eigenvalue weighted by molar-refractivity contribution is 9.10. The molecule has 1 aliphatic rings. The second kappa shape index (κ2) is 9.49. The molecule has 0 aliphatic carbocycles. The highest BCUT2D eigenvalue weighted by atomic mass is 79.9. The summed E-state index contributed by atoms with van der Waals surface area (Å²) in [6.07, 6.45) is 0.830. The van der Waals surface area contributed by atoms with E-state index in [2.05, 4.69) is 33.4 Å². The van der Waals surface area contributed by atoms with Gasteiger partial charge < -0.3 is 10.2 Å². The van der Waals surface area contributed by atoms with Gasteiger partial charge in [0.2, 0.25) is 5.91 Å². The zero-order valence-corrected chi connectivity index (χ0v) is 18.7. The minimum Gasteiger partial charge on any atom is -0.326 e. The summed E-state index contributed by atoms with van der Waals surface area (Å²) in [7, 11) is 0. The van der Waals surface area contributed by atoms with Gasteiger partial charge >= 0.3 is 0 Å². The van der Waals surface area contributed by atoms with Crippen molar-refractivity contribution in [3.05, 3.63) is 100 Å². The Hall–Kier alpha value is -2.57. The number of carbonyl (C=O) groups is 2. The summed E-state index contributed by atoms with van der Waals surface area (Å²) in [5.74, 6) is 0.498. The fourth-order valence-electron chi connectivity index (χ4n) is 3.43. The summed E-state index contributed by atoms with van der Waals surface area (Å²) in [5, 5.41) is 2.89. The lowest BCUT2D eigenvalue weighted by atomic mass is 10.1. The van der Waals surface area contributed by atoms with Crippen LogP contribution in [0.3, 0.4) is 0 Å². The van der Waals surface area contributed by atoms with Crippen molar-refractivity contribution < 1.29 is 9.59 Å². The van der Waals surface area contributed by atoms with Crippen molar-refractivity contribution in [2.24, 2.45) is 0 Å². The molecule has 0 spiro atoms. The molecule has 1 aliphatic heterocycles. The van der Waals surface area contributed by atoms with E-state index in [1.54, 1.807) is 11.8 Å². The number of halogens is 1. The quantitative estimate of drug-likeness (QED) is 0.505. The Morgan fingerprint density at radius 1 is 1.03 bits per heavy atom. The monoisotopic (exact) mass is 480 g/mol. The molecule has 0 bridgehead atoms. The maximum absolute atomic E-state index is 12.5. The van der Waals surface area contributed by atoms with Crippen molar-refractivity contribution in [2.75, 3.05) is 17.6 Å². The van der Waals surface area contributed by atoms with Gasteiger partial charge in [0.1, 0.15) is 5.37 Å². The predicted octanol–water partition coefficient (Wildman–Crippen LogP) is 5.52. The van der Waals surface area contributed by atoms with Crippen LogP contribution in [0.25, 0.3) is 0 Å². The normalized spacial score (nSPS) is 16.0. The standard InChI is InChI=1S/C24H21BrN2O2S/c25-20-7-4-8-21(15-20)26-23(29)18-9-11-19(12-10-18)24-27(22(28)16-30-24)14-13-17-5-2-1-3-6-17/h1-12,15,24H,13-14,16H2,(H,26,29)/t24-/m0/s1. The topological polar surface area (TPSA) is 49.4 Å². The zero-order valence-electron chi connectivity index (χ0n) is 16.3. The molecule has 0 saturated carbocycles. The number of amides is 2. The minimum absolute atomic E-state index is 0.0107. The van der Waals surface area contributed by atoms with Gasteiger partial charge in [0.15, 0.2) is 0 Å².